The zero-order valence-corrected chi connectivity index (χ0v) is 20.1. The maximum Gasteiger partial charge on any atom is 0.274 e. The van der Waals surface area contributed by atoms with E-state index < -0.39 is 16.7 Å². The van der Waals surface area contributed by atoms with Crippen LogP contribution in [0.5, 0.6) is 0 Å². The van der Waals surface area contributed by atoms with Crippen LogP contribution in [0.4, 0.5) is 14.5 Å². The zero-order chi connectivity index (χ0) is 25.4. The summed E-state index contributed by atoms with van der Waals surface area (Å²) in [4.78, 5) is 35.5. The van der Waals surface area contributed by atoms with Gasteiger partial charge in [0.25, 0.3) is 11.8 Å². The van der Waals surface area contributed by atoms with Crippen LogP contribution in [0, 0.1) is 18.6 Å². The van der Waals surface area contributed by atoms with Crippen molar-refractivity contribution in [1.29, 1.82) is 0 Å². The Hall–Kier alpha value is -3.85. The number of amides is 2. The first-order valence-corrected chi connectivity index (χ1v) is 11.8. The van der Waals surface area contributed by atoms with Crippen molar-refractivity contribution in [2.45, 2.75) is 25.7 Å². The van der Waals surface area contributed by atoms with Gasteiger partial charge in [-0.3, -0.25) is 14.0 Å². The van der Waals surface area contributed by atoms with Crippen LogP contribution in [0.2, 0.25) is 5.02 Å². The first-order valence-electron chi connectivity index (χ1n) is 11.5. The molecule has 1 aliphatic rings. The molecular weight excluding hydrogens is 488 g/mol. The third-order valence-electron chi connectivity index (χ3n) is 6.45. The third kappa shape index (κ3) is 4.66. The number of halogens is 3. The highest BCUT2D eigenvalue weighted by Gasteiger charge is 2.26. The molecule has 0 spiro atoms. The number of imidazole rings is 1. The molecule has 184 valence electrons. The average molecular weight is 510 g/mol. The van der Waals surface area contributed by atoms with E-state index in [0.717, 1.165) is 36.2 Å². The first kappa shape index (κ1) is 23.9. The normalized spacial score (nSPS) is 14.3. The molecule has 4 aromatic rings. The average Bonchev–Trinajstić information content (AvgIpc) is 3.37. The fraction of sp³-hybridized carbons (Fsp3) is 0.231. The zero-order valence-electron chi connectivity index (χ0n) is 19.3. The SMILES string of the molecule is Cc1cc(C(=O)Nc2ccc(C3CCN(C(=O)c4cc(F)c(F)c(Cl)c4)CC3)cc2)nc2nccn12. The molecule has 1 aliphatic heterocycles. The largest absolute Gasteiger partial charge is 0.339 e. The van der Waals surface area contributed by atoms with Gasteiger partial charge in [0.2, 0.25) is 5.78 Å². The number of aromatic nitrogens is 3. The molecule has 1 saturated heterocycles. The quantitative estimate of drug-likeness (QED) is 0.381. The fourth-order valence-corrected chi connectivity index (χ4v) is 4.70. The number of anilines is 1. The van der Waals surface area contributed by atoms with Gasteiger partial charge in [-0.05, 0) is 61.6 Å². The summed E-state index contributed by atoms with van der Waals surface area (Å²) in [6.45, 7) is 2.85. The minimum Gasteiger partial charge on any atom is -0.339 e. The number of fused-ring (bicyclic) bond motifs is 1. The molecule has 0 atom stereocenters. The van der Waals surface area contributed by atoms with Crippen LogP contribution >= 0.6 is 11.6 Å². The lowest BCUT2D eigenvalue weighted by Crippen LogP contribution is -2.38. The number of aryl methyl sites for hydroxylation is 1. The van der Waals surface area contributed by atoms with Crippen LogP contribution in [-0.2, 0) is 0 Å². The van der Waals surface area contributed by atoms with E-state index in [-0.39, 0.29) is 29.0 Å². The number of nitrogens with zero attached hydrogens (tertiary/aromatic N) is 4. The molecule has 2 aromatic heterocycles. The number of carbonyl (C=O) groups excluding carboxylic acids is 2. The molecule has 1 N–H and O–H groups in total. The van der Waals surface area contributed by atoms with Gasteiger partial charge in [-0.2, -0.15) is 0 Å². The molecule has 2 aromatic carbocycles. The van der Waals surface area contributed by atoms with E-state index in [1.54, 1.807) is 27.8 Å². The Morgan fingerprint density at radius 2 is 1.81 bits per heavy atom. The first-order chi connectivity index (χ1) is 17.3. The number of piperidine rings is 1. The summed E-state index contributed by atoms with van der Waals surface area (Å²) in [5.74, 6) is -2.28. The Bertz CT molecular complexity index is 1440. The summed E-state index contributed by atoms with van der Waals surface area (Å²) in [7, 11) is 0. The summed E-state index contributed by atoms with van der Waals surface area (Å²) in [5.41, 5.74) is 2.93. The predicted molar refractivity (Wildman–Crippen MR) is 131 cm³/mol. The molecule has 0 radical (unpaired) electrons. The summed E-state index contributed by atoms with van der Waals surface area (Å²) < 4.78 is 28.9. The minimum atomic E-state index is -1.16. The smallest absolute Gasteiger partial charge is 0.274 e. The second kappa shape index (κ2) is 9.66. The summed E-state index contributed by atoms with van der Waals surface area (Å²) in [5, 5.41) is 2.46. The van der Waals surface area contributed by atoms with E-state index >= 15 is 0 Å². The molecule has 0 unspecified atom stereocenters. The third-order valence-corrected chi connectivity index (χ3v) is 6.73. The predicted octanol–water partition coefficient (Wildman–Crippen LogP) is 5.24. The number of nitrogens with one attached hydrogen (secondary N) is 1. The molecule has 7 nitrogen and oxygen atoms in total. The lowest BCUT2D eigenvalue weighted by atomic mass is 9.89. The Kier molecular flexibility index (Phi) is 6.40. The summed E-state index contributed by atoms with van der Waals surface area (Å²) in [6, 6.07) is 11.4. The van der Waals surface area contributed by atoms with Gasteiger partial charge in [0.05, 0.1) is 5.02 Å². The van der Waals surface area contributed by atoms with Gasteiger partial charge in [-0.15, -0.1) is 0 Å². The van der Waals surface area contributed by atoms with E-state index in [1.165, 1.54) is 0 Å². The van der Waals surface area contributed by atoms with Gasteiger partial charge >= 0.3 is 0 Å². The second-order valence-corrected chi connectivity index (χ2v) is 9.18. The van der Waals surface area contributed by atoms with Gasteiger partial charge < -0.3 is 10.2 Å². The topological polar surface area (TPSA) is 79.6 Å². The Morgan fingerprint density at radius 3 is 2.50 bits per heavy atom. The van der Waals surface area contributed by atoms with Gasteiger partial charge in [0, 0.05) is 42.4 Å². The van der Waals surface area contributed by atoms with E-state index in [0.29, 0.717) is 24.6 Å². The van der Waals surface area contributed by atoms with Crippen molar-refractivity contribution < 1.29 is 18.4 Å². The maximum atomic E-state index is 13.7. The molecule has 0 bridgehead atoms. The van der Waals surface area contributed by atoms with Crippen LogP contribution in [0.15, 0.2) is 54.9 Å². The minimum absolute atomic E-state index is 0.0361. The van der Waals surface area contributed by atoms with Crippen molar-refractivity contribution in [3.63, 3.8) is 0 Å². The number of benzene rings is 2. The van der Waals surface area contributed by atoms with E-state index in [9.17, 15) is 18.4 Å². The van der Waals surface area contributed by atoms with Gasteiger partial charge in [0.15, 0.2) is 11.6 Å². The van der Waals surface area contributed by atoms with Crippen LogP contribution in [0.1, 0.15) is 50.9 Å². The second-order valence-electron chi connectivity index (χ2n) is 8.78. The molecule has 5 rings (SSSR count). The van der Waals surface area contributed by atoms with Crippen molar-refractivity contribution in [2.75, 3.05) is 18.4 Å². The molecule has 36 heavy (non-hydrogen) atoms. The molecule has 1 fully saturated rings. The fourth-order valence-electron chi connectivity index (χ4n) is 4.49. The van der Waals surface area contributed by atoms with Crippen molar-refractivity contribution in [2.24, 2.45) is 0 Å². The van der Waals surface area contributed by atoms with Crippen molar-refractivity contribution in [3.05, 3.63) is 94.0 Å². The Morgan fingerprint density at radius 1 is 1.08 bits per heavy atom. The number of carbonyl (C=O) groups is 2. The molecular formula is C26H22ClF2N5O2. The number of hydrogen-bond donors (Lipinski definition) is 1. The Balaban J connectivity index is 1.20. The van der Waals surface area contributed by atoms with Crippen molar-refractivity contribution in [1.82, 2.24) is 19.3 Å². The van der Waals surface area contributed by atoms with Crippen LogP contribution in [0.25, 0.3) is 5.78 Å². The molecule has 0 aliphatic carbocycles. The van der Waals surface area contributed by atoms with Gasteiger partial charge in [0.1, 0.15) is 5.69 Å². The molecule has 0 saturated carbocycles. The van der Waals surface area contributed by atoms with E-state index in [4.69, 9.17) is 11.6 Å². The highest BCUT2D eigenvalue weighted by molar-refractivity contribution is 6.31. The lowest BCUT2D eigenvalue weighted by Gasteiger charge is -2.32. The number of hydrogen-bond acceptors (Lipinski definition) is 4. The summed E-state index contributed by atoms with van der Waals surface area (Å²) in [6.07, 6.45) is 4.87. The van der Waals surface area contributed by atoms with Gasteiger partial charge in [-0.1, -0.05) is 23.7 Å². The van der Waals surface area contributed by atoms with Crippen LogP contribution in [-0.4, -0.2) is 44.2 Å². The monoisotopic (exact) mass is 509 g/mol. The van der Waals surface area contributed by atoms with E-state index in [1.807, 2.05) is 31.2 Å². The van der Waals surface area contributed by atoms with E-state index in [2.05, 4.69) is 15.3 Å². The number of likely N-dealkylation sites (tertiary alicyclic amines) is 1. The van der Waals surface area contributed by atoms with Crippen molar-refractivity contribution in [3.8, 4) is 0 Å². The highest BCUT2D eigenvalue weighted by Crippen LogP contribution is 2.30. The maximum absolute atomic E-state index is 13.7. The van der Waals surface area contributed by atoms with Crippen LogP contribution < -0.4 is 5.32 Å². The van der Waals surface area contributed by atoms with Crippen molar-refractivity contribution >= 4 is 34.9 Å². The lowest BCUT2D eigenvalue weighted by molar-refractivity contribution is 0.0712. The highest BCUT2D eigenvalue weighted by atomic mass is 35.5. The molecule has 3 heterocycles. The number of rotatable bonds is 4. The summed E-state index contributed by atoms with van der Waals surface area (Å²) >= 11 is 5.69. The molecule has 10 heteroatoms. The standard InChI is InChI=1S/C26H22ClF2N5O2/c1-15-12-22(32-26-30-8-11-34(15)26)24(35)31-19-4-2-16(3-5-19)17-6-9-33(10-7-17)25(36)18-13-20(27)23(29)21(28)14-18/h2-5,8,11-14,17H,6-7,9-10H2,1H3,(H,31,35). The molecule has 2 amide bonds. The van der Waals surface area contributed by atoms with Gasteiger partial charge in [-0.25, -0.2) is 18.7 Å². The van der Waals surface area contributed by atoms with Crippen LogP contribution in [0.3, 0.4) is 0 Å². The Labute approximate surface area is 210 Å².